The zero-order chi connectivity index (χ0) is 13.7. The number of anilines is 1. The third-order valence-electron chi connectivity index (χ3n) is 2.30. The summed E-state index contributed by atoms with van der Waals surface area (Å²) in [5.74, 6) is 5.96. The van der Waals surface area contributed by atoms with Crippen molar-refractivity contribution in [3.05, 3.63) is 71.5 Å². The summed E-state index contributed by atoms with van der Waals surface area (Å²) in [5.41, 5.74) is 8.86. The Kier molecular flexibility index (Phi) is 3.84. The van der Waals surface area contributed by atoms with Gasteiger partial charge in [-0.1, -0.05) is 12.5 Å². The molecule has 2 aromatic rings. The molecular weight excluding hydrogens is 234 g/mol. The molecule has 0 amide bonds. The van der Waals surface area contributed by atoms with Crippen molar-refractivity contribution in [2.45, 2.75) is 6.92 Å². The Morgan fingerprint density at radius 1 is 1.26 bits per heavy atom. The van der Waals surface area contributed by atoms with E-state index in [1.54, 1.807) is 0 Å². The van der Waals surface area contributed by atoms with Crippen LogP contribution >= 0.6 is 0 Å². The fraction of sp³-hybridized carbons (Fsp3) is 0.0625. The van der Waals surface area contributed by atoms with Crippen molar-refractivity contribution in [1.29, 1.82) is 0 Å². The quantitative estimate of drug-likeness (QED) is 0.820. The number of hydrogen-bond acceptors (Lipinski definition) is 3. The molecule has 2 aromatic carbocycles. The zero-order valence-electron chi connectivity index (χ0n) is 10.8. The van der Waals surface area contributed by atoms with Gasteiger partial charge in [-0.25, -0.2) is 4.99 Å². The Labute approximate surface area is 112 Å². The lowest BCUT2D eigenvalue weighted by atomic mass is 10.2. The molecule has 3 heteroatoms. The van der Waals surface area contributed by atoms with Crippen molar-refractivity contribution in [2.24, 2.45) is 10.7 Å². The fourth-order valence-electron chi connectivity index (χ4n) is 1.38. The first-order chi connectivity index (χ1) is 9.17. The van der Waals surface area contributed by atoms with Gasteiger partial charge in [-0.3, -0.25) is 0 Å². The van der Waals surface area contributed by atoms with Crippen molar-refractivity contribution in [2.75, 3.05) is 5.32 Å². The van der Waals surface area contributed by atoms with Crippen LogP contribution in [-0.2, 0) is 0 Å². The Morgan fingerprint density at radius 2 is 1.95 bits per heavy atom. The highest BCUT2D eigenvalue weighted by molar-refractivity contribution is 5.51. The lowest BCUT2D eigenvalue weighted by Crippen LogP contribution is -1.92. The highest BCUT2D eigenvalue weighted by Crippen LogP contribution is 2.10. The number of allylic oxidation sites excluding steroid dienone is 2. The molecule has 0 aliphatic carbocycles. The SMILES string of the molecule is C=C(C)Nc1ccc(C#C/C(=C/N)N=c2cc2)cc1. The number of rotatable bonds is 3. The molecule has 19 heavy (non-hydrogen) atoms. The van der Waals surface area contributed by atoms with Crippen LogP contribution in [0.4, 0.5) is 5.69 Å². The lowest BCUT2D eigenvalue weighted by Gasteiger charge is -2.04. The molecule has 0 fully saturated rings. The predicted molar refractivity (Wildman–Crippen MR) is 78.4 cm³/mol. The van der Waals surface area contributed by atoms with Gasteiger partial charge in [-0.15, -0.1) is 0 Å². The van der Waals surface area contributed by atoms with Gasteiger partial charge in [0.15, 0.2) is 0 Å². The molecule has 2 rings (SSSR count). The molecule has 0 radical (unpaired) electrons. The number of nitrogens with two attached hydrogens (primary N) is 1. The molecule has 94 valence electrons. The molecule has 0 aliphatic heterocycles. The second kappa shape index (κ2) is 5.74. The molecule has 0 aliphatic rings. The minimum atomic E-state index is 0.573. The third kappa shape index (κ3) is 4.21. The van der Waals surface area contributed by atoms with Crippen molar-refractivity contribution < 1.29 is 0 Å². The van der Waals surface area contributed by atoms with Gasteiger partial charge >= 0.3 is 0 Å². The van der Waals surface area contributed by atoms with E-state index in [-0.39, 0.29) is 0 Å². The Bertz CT molecular complexity index is 673. The smallest absolute Gasteiger partial charge is 0.129 e. The summed E-state index contributed by atoms with van der Waals surface area (Å²) in [4.78, 5) is 4.22. The molecular formula is C16H15N3. The van der Waals surface area contributed by atoms with Gasteiger partial charge in [0.1, 0.15) is 5.70 Å². The molecule has 0 saturated carbocycles. The maximum atomic E-state index is 5.47. The number of hydrogen-bond donors (Lipinski definition) is 2. The van der Waals surface area contributed by atoms with Crippen LogP contribution in [0.5, 0.6) is 0 Å². The molecule has 0 heterocycles. The van der Waals surface area contributed by atoms with Crippen LogP contribution in [0.2, 0.25) is 0 Å². The number of nitrogens with one attached hydrogen (secondary N) is 1. The van der Waals surface area contributed by atoms with E-state index in [9.17, 15) is 0 Å². The molecule has 0 atom stereocenters. The van der Waals surface area contributed by atoms with Gasteiger partial charge in [0.25, 0.3) is 0 Å². The van der Waals surface area contributed by atoms with Gasteiger partial charge in [-0.05, 0) is 49.2 Å². The Balaban J connectivity index is 2.10. The first-order valence-electron chi connectivity index (χ1n) is 5.90. The third-order valence-corrected chi connectivity index (χ3v) is 2.30. The average molecular weight is 249 g/mol. The van der Waals surface area contributed by atoms with E-state index in [1.807, 2.05) is 43.3 Å². The van der Waals surface area contributed by atoms with Crippen molar-refractivity contribution in [1.82, 2.24) is 0 Å². The average Bonchev–Trinajstić information content (AvgIpc) is 3.19. The van der Waals surface area contributed by atoms with Gasteiger partial charge in [-0.2, -0.15) is 0 Å². The first-order valence-corrected chi connectivity index (χ1v) is 5.90. The van der Waals surface area contributed by atoms with Gasteiger partial charge in [0, 0.05) is 23.1 Å². The lowest BCUT2D eigenvalue weighted by molar-refractivity contribution is 1.31. The second-order valence-corrected chi connectivity index (χ2v) is 4.15. The van der Waals surface area contributed by atoms with Crippen LogP contribution in [0.15, 0.2) is 65.6 Å². The molecule has 0 saturated heterocycles. The summed E-state index contributed by atoms with van der Waals surface area (Å²) in [6.07, 6.45) is 1.41. The van der Waals surface area contributed by atoms with E-state index in [0.717, 1.165) is 22.3 Å². The van der Waals surface area contributed by atoms with Gasteiger partial charge in [0.2, 0.25) is 0 Å². The molecule has 0 spiro atoms. The largest absolute Gasteiger partial charge is 0.402 e. The molecule has 3 N–H and O–H groups in total. The Hall–Kier alpha value is -2.73. The highest BCUT2D eigenvalue weighted by atomic mass is 14.9. The monoisotopic (exact) mass is 249 g/mol. The van der Waals surface area contributed by atoms with E-state index < -0.39 is 0 Å². The predicted octanol–water partition coefficient (Wildman–Crippen LogP) is 2.26. The van der Waals surface area contributed by atoms with Crippen LogP contribution in [0.25, 0.3) is 0 Å². The maximum absolute atomic E-state index is 5.47. The van der Waals surface area contributed by atoms with Crippen LogP contribution in [0, 0.1) is 11.8 Å². The Morgan fingerprint density at radius 3 is 2.47 bits per heavy atom. The molecule has 0 aromatic heterocycles. The number of nitrogens with zero attached hydrogens (tertiary/aromatic N) is 1. The van der Waals surface area contributed by atoms with Crippen molar-refractivity contribution in [3.8, 4) is 11.8 Å². The minimum absolute atomic E-state index is 0.573. The molecule has 0 bridgehead atoms. The molecule has 0 unspecified atom stereocenters. The highest BCUT2D eigenvalue weighted by Gasteiger charge is 1.93. The first kappa shape index (κ1) is 12.7. The minimum Gasteiger partial charge on any atom is -0.402 e. The summed E-state index contributed by atoms with van der Waals surface area (Å²) in [6.45, 7) is 5.71. The fourth-order valence-corrected chi connectivity index (χ4v) is 1.38. The van der Waals surface area contributed by atoms with E-state index in [2.05, 4.69) is 28.7 Å². The topological polar surface area (TPSA) is 50.4 Å². The van der Waals surface area contributed by atoms with Crippen LogP contribution in [0.3, 0.4) is 0 Å². The van der Waals surface area contributed by atoms with Crippen molar-refractivity contribution >= 4 is 5.69 Å². The molecule has 3 nitrogen and oxygen atoms in total. The summed E-state index contributed by atoms with van der Waals surface area (Å²) < 4.78 is 0. The summed E-state index contributed by atoms with van der Waals surface area (Å²) in [6, 6.07) is 11.6. The van der Waals surface area contributed by atoms with Gasteiger partial charge < -0.3 is 11.1 Å². The maximum Gasteiger partial charge on any atom is 0.129 e. The summed E-state index contributed by atoms with van der Waals surface area (Å²) in [5, 5.41) is 4.06. The number of benzene rings is 1. The standard InChI is InChI=1S/C16H15N3/c1-12(2)18-14-6-3-13(4-7-14)5-8-16(11-17)19-15-9-10-15/h3-4,6-7,9-11,18H,1,17H2,2H3/b16-11-. The summed E-state index contributed by atoms with van der Waals surface area (Å²) in [7, 11) is 0. The van der Waals surface area contributed by atoms with E-state index in [4.69, 9.17) is 5.73 Å². The summed E-state index contributed by atoms with van der Waals surface area (Å²) >= 11 is 0. The van der Waals surface area contributed by atoms with E-state index >= 15 is 0 Å². The van der Waals surface area contributed by atoms with Gasteiger partial charge in [0.05, 0.1) is 5.36 Å². The normalized spacial score (nSPS) is 10.7. The van der Waals surface area contributed by atoms with E-state index in [0.29, 0.717) is 5.70 Å². The zero-order valence-corrected chi connectivity index (χ0v) is 10.8. The second-order valence-electron chi connectivity index (χ2n) is 4.15. The van der Waals surface area contributed by atoms with Crippen LogP contribution < -0.4 is 16.4 Å². The van der Waals surface area contributed by atoms with Crippen LogP contribution in [0.1, 0.15) is 12.5 Å². The van der Waals surface area contributed by atoms with Crippen molar-refractivity contribution in [3.63, 3.8) is 0 Å². The van der Waals surface area contributed by atoms with E-state index in [1.165, 1.54) is 6.20 Å². The van der Waals surface area contributed by atoms with Crippen LogP contribution in [-0.4, -0.2) is 0 Å².